The fourth-order valence-electron chi connectivity index (χ4n) is 4.28. The lowest BCUT2D eigenvalue weighted by molar-refractivity contribution is -0.112. The van der Waals surface area contributed by atoms with Crippen molar-refractivity contribution in [1.82, 2.24) is 5.01 Å². The summed E-state index contributed by atoms with van der Waals surface area (Å²) >= 11 is 0. The lowest BCUT2D eigenvalue weighted by Crippen LogP contribution is -2.28. The Morgan fingerprint density at radius 3 is 2.64 bits per heavy atom. The number of fused-ring (bicyclic) bond motifs is 3. The number of nitrogens with zero attached hydrogens (tertiary/aromatic N) is 2. The number of benzene rings is 2. The number of methoxy groups -OCH3 is 1. The van der Waals surface area contributed by atoms with Crippen LogP contribution in [0.25, 0.3) is 0 Å². The molecule has 1 heterocycles. The highest BCUT2D eigenvalue weighted by Gasteiger charge is 2.42. The van der Waals surface area contributed by atoms with Crippen molar-refractivity contribution in [1.29, 1.82) is 0 Å². The zero-order valence-electron chi connectivity index (χ0n) is 16.3. The number of allylic oxidation sites excluding steroid dienone is 2. The molecule has 2 atom stereocenters. The predicted molar refractivity (Wildman–Crippen MR) is 107 cm³/mol. The molecule has 2 aromatic carbocycles. The van der Waals surface area contributed by atoms with Crippen LogP contribution in [-0.2, 0) is 11.2 Å². The molecule has 28 heavy (non-hydrogen) atoms. The first-order valence-corrected chi connectivity index (χ1v) is 9.47. The number of rotatable bonds is 4. The molecule has 0 unspecified atom stereocenters. The number of carbonyl (C=O) groups excluding carboxylic acids is 1. The maximum atomic E-state index is 13.5. The van der Waals surface area contributed by atoms with Gasteiger partial charge in [-0.15, -0.1) is 0 Å². The first kappa shape index (κ1) is 18.4. The molecule has 144 valence electrons. The van der Waals surface area contributed by atoms with Gasteiger partial charge in [-0.3, -0.25) is 9.80 Å². The van der Waals surface area contributed by atoms with Crippen LogP contribution in [0.15, 0.2) is 59.3 Å². The van der Waals surface area contributed by atoms with Gasteiger partial charge in [-0.2, -0.15) is 5.10 Å². The molecule has 2 aliphatic rings. The number of ketones is 1. The van der Waals surface area contributed by atoms with Gasteiger partial charge in [0.2, 0.25) is 0 Å². The molecule has 0 aromatic heterocycles. The molecule has 0 N–H and O–H groups in total. The lowest BCUT2D eigenvalue weighted by atomic mass is 9.77. The fraction of sp³-hybridized carbons (Fsp3) is 0.304. The van der Waals surface area contributed by atoms with Crippen LogP contribution < -0.4 is 4.74 Å². The maximum Gasteiger partial charge on any atom is 0.154 e. The van der Waals surface area contributed by atoms with Gasteiger partial charge in [-0.25, -0.2) is 4.39 Å². The van der Waals surface area contributed by atoms with Gasteiger partial charge in [0.1, 0.15) is 11.6 Å². The number of hydrazone groups is 1. The number of hydrogen-bond donors (Lipinski definition) is 0. The maximum absolute atomic E-state index is 13.5. The number of hydrogen-bond acceptors (Lipinski definition) is 4. The van der Waals surface area contributed by atoms with Crippen LogP contribution in [0.4, 0.5) is 4.39 Å². The van der Waals surface area contributed by atoms with E-state index >= 15 is 0 Å². The van der Waals surface area contributed by atoms with Gasteiger partial charge < -0.3 is 4.74 Å². The Hall–Kier alpha value is -2.95. The third-order valence-corrected chi connectivity index (χ3v) is 5.51. The molecule has 0 spiro atoms. The summed E-state index contributed by atoms with van der Waals surface area (Å²) in [6.07, 6.45) is 3.47. The Labute approximate surface area is 164 Å². The Kier molecular flexibility index (Phi) is 4.75. The minimum absolute atomic E-state index is 0.0180. The number of carbonyl (C=O) groups is 1. The quantitative estimate of drug-likeness (QED) is 0.727. The third kappa shape index (κ3) is 3.21. The average Bonchev–Trinajstić information content (AvgIpc) is 3.07. The summed E-state index contributed by atoms with van der Waals surface area (Å²) in [6.45, 7) is 3.43. The highest BCUT2D eigenvalue weighted by Crippen LogP contribution is 2.45. The van der Waals surface area contributed by atoms with E-state index in [2.05, 4.69) is 12.1 Å². The van der Waals surface area contributed by atoms with Crippen molar-refractivity contribution in [2.75, 3.05) is 7.11 Å². The molecule has 0 radical (unpaired) electrons. The van der Waals surface area contributed by atoms with Gasteiger partial charge in [-0.1, -0.05) is 12.1 Å². The predicted octanol–water partition coefficient (Wildman–Crippen LogP) is 4.65. The molecule has 1 aliphatic heterocycles. The zero-order valence-corrected chi connectivity index (χ0v) is 16.3. The van der Waals surface area contributed by atoms with Gasteiger partial charge >= 0.3 is 0 Å². The molecule has 0 saturated heterocycles. The summed E-state index contributed by atoms with van der Waals surface area (Å²) in [7, 11) is 1.67. The standard InChI is InChI=1S/C23H23FN2O2/c1-14(12-15(2)27)26-23(16-4-7-18(24)8-5-16)21-10-6-17-13-19(28-3)9-11-20(17)22(21)25-26/h4-5,7-9,11-13,21,23H,6,10H2,1-3H3/b14-12-/t21-,23+/m1/s1. The van der Waals surface area contributed by atoms with Crippen molar-refractivity contribution in [2.45, 2.75) is 32.7 Å². The van der Waals surface area contributed by atoms with Crippen molar-refractivity contribution in [3.05, 3.63) is 76.7 Å². The lowest BCUT2D eigenvalue weighted by Gasteiger charge is -2.31. The van der Waals surface area contributed by atoms with Crippen LogP contribution in [0, 0.1) is 11.7 Å². The summed E-state index contributed by atoms with van der Waals surface area (Å²) in [5.74, 6) is 0.749. The van der Waals surface area contributed by atoms with Crippen LogP contribution in [-0.4, -0.2) is 23.6 Å². The van der Waals surface area contributed by atoms with Crippen molar-refractivity contribution in [3.8, 4) is 5.75 Å². The Morgan fingerprint density at radius 1 is 1.21 bits per heavy atom. The van der Waals surface area contributed by atoms with Crippen molar-refractivity contribution in [2.24, 2.45) is 11.0 Å². The van der Waals surface area contributed by atoms with Crippen molar-refractivity contribution in [3.63, 3.8) is 0 Å². The summed E-state index contributed by atoms with van der Waals surface area (Å²) < 4.78 is 18.9. The van der Waals surface area contributed by atoms with E-state index in [1.54, 1.807) is 13.2 Å². The van der Waals surface area contributed by atoms with Gasteiger partial charge in [0.25, 0.3) is 0 Å². The van der Waals surface area contributed by atoms with Crippen LogP contribution >= 0.6 is 0 Å². The van der Waals surface area contributed by atoms with Gasteiger partial charge in [0.05, 0.1) is 18.9 Å². The van der Waals surface area contributed by atoms with Crippen LogP contribution in [0.1, 0.15) is 43.0 Å². The first-order valence-electron chi connectivity index (χ1n) is 9.47. The monoisotopic (exact) mass is 378 g/mol. The molecule has 2 aromatic rings. The topological polar surface area (TPSA) is 41.9 Å². The third-order valence-electron chi connectivity index (χ3n) is 5.51. The zero-order chi connectivity index (χ0) is 19.8. The van der Waals surface area contributed by atoms with E-state index in [-0.39, 0.29) is 23.6 Å². The summed E-state index contributed by atoms with van der Waals surface area (Å²) in [5.41, 5.74) is 5.16. The van der Waals surface area contributed by atoms with Crippen LogP contribution in [0.5, 0.6) is 5.75 Å². The van der Waals surface area contributed by atoms with Crippen molar-refractivity contribution >= 4 is 11.5 Å². The second-order valence-corrected chi connectivity index (χ2v) is 7.39. The van der Waals surface area contributed by atoms with Crippen molar-refractivity contribution < 1.29 is 13.9 Å². The molecule has 0 fully saturated rings. The Balaban J connectivity index is 1.81. The highest BCUT2D eigenvalue weighted by molar-refractivity contribution is 6.06. The fourth-order valence-corrected chi connectivity index (χ4v) is 4.28. The number of halogens is 1. The first-order chi connectivity index (χ1) is 13.5. The second kappa shape index (κ2) is 7.23. The minimum atomic E-state index is -0.258. The van der Waals surface area contributed by atoms with E-state index < -0.39 is 0 Å². The van der Waals surface area contributed by atoms with Gasteiger partial charge in [-0.05, 0) is 68.1 Å². The molecule has 5 heteroatoms. The van der Waals surface area contributed by atoms with Gasteiger partial charge in [0, 0.05) is 23.3 Å². The van der Waals surface area contributed by atoms with Crippen LogP contribution in [0.3, 0.4) is 0 Å². The van der Waals surface area contributed by atoms with E-state index in [4.69, 9.17) is 9.84 Å². The molecule has 0 bridgehead atoms. The molecule has 4 nitrogen and oxygen atoms in total. The van der Waals surface area contributed by atoms with E-state index in [0.717, 1.165) is 41.1 Å². The highest BCUT2D eigenvalue weighted by atomic mass is 19.1. The van der Waals surface area contributed by atoms with E-state index in [9.17, 15) is 9.18 Å². The second-order valence-electron chi connectivity index (χ2n) is 7.39. The Bertz CT molecular complexity index is 979. The summed E-state index contributed by atoms with van der Waals surface area (Å²) in [4.78, 5) is 11.7. The molecular formula is C23H23FN2O2. The SMILES string of the molecule is COc1ccc2c(c1)CC[C@@H]1C2=NN(/C(C)=C\C(C)=O)[C@H]1c1ccc(F)cc1. The van der Waals surface area contributed by atoms with E-state index in [1.165, 1.54) is 24.6 Å². The normalized spacial score (nSPS) is 21.1. The van der Waals surface area contributed by atoms with E-state index in [0.29, 0.717) is 0 Å². The smallest absolute Gasteiger partial charge is 0.154 e. The summed E-state index contributed by atoms with van der Waals surface area (Å²) in [6, 6.07) is 12.6. The number of aryl methyl sites for hydroxylation is 1. The molecular weight excluding hydrogens is 355 g/mol. The average molecular weight is 378 g/mol. The van der Waals surface area contributed by atoms with E-state index in [1.807, 2.05) is 30.1 Å². The minimum Gasteiger partial charge on any atom is -0.497 e. The molecule has 0 saturated carbocycles. The molecule has 4 rings (SSSR count). The largest absolute Gasteiger partial charge is 0.497 e. The van der Waals surface area contributed by atoms with Crippen LogP contribution in [0.2, 0.25) is 0 Å². The molecule has 1 aliphatic carbocycles. The summed E-state index contributed by atoms with van der Waals surface area (Å²) in [5, 5.41) is 6.86. The number of ether oxygens (including phenoxy) is 1. The van der Waals surface area contributed by atoms with Gasteiger partial charge in [0.15, 0.2) is 5.78 Å². The molecule has 0 amide bonds. The Morgan fingerprint density at radius 2 is 1.96 bits per heavy atom.